The quantitative estimate of drug-likeness (QED) is 0.236. The second kappa shape index (κ2) is 15.2. The summed E-state index contributed by atoms with van der Waals surface area (Å²) in [6, 6.07) is 17.7. The Hall–Kier alpha value is -3.57. The first-order valence-electron chi connectivity index (χ1n) is 14.1. The molecular weight excluding hydrogens is 634 g/mol. The molecule has 0 spiro atoms. The van der Waals surface area contributed by atoms with E-state index in [-0.39, 0.29) is 23.4 Å². The van der Waals surface area contributed by atoms with Crippen molar-refractivity contribution in [3.8, 4) is 11.5 Å². The number of nitrogens with zero attached hydrogens (tertiary/aromatic N) is 2. The third kappa shape index (κ3) is 8.51. The van der Waals surface area contributed by atoms with E-state index in [9.17, 15) is 18.0 Å². The number of anilines is 1. The van der Waals surface area contributed by atoms with E-state index in [2.05, 4.69) is 21.2 Å². The highest BCUT2D eigenvalue weighted by molar-refractivity contribution is 9.10. The van der Waals surface area contributed by atoms with Crippen molar-refractivity contribution in [1.82, 2.24) is 10.2 Å². The van der Waals surface area contributed by atoms with Gasteiger partial charge < -0.3 is 19.7 Å². The monoisotopic (exact) mass is 673 g/mol. The zero-order valence-corrected chi connectivity index (χ0v) is 27.9. The Bertz CT molecular complexity index is 1510. The first-order valence-corrected chi connectivity index (χ1v) is 16.3. The number of carbonyl (C=O) groups excluding carboxylic acids is 2. The number of hydrogen-bond acceptors (Lipinski definition) is 6. The number of benzene rings is 3. The van der Waals surface area contributed by atoms with Crippen LogP contribution in [-0.4, -0.2) is 58.0 Å². The van der Waals surface area contributed by atoms with Gasteiger partial charge in [0.1, 0.15) is 24.1 Å². The summed E-state index contributed by atoms with van der Waals surface area (Å²) in [6.45, 7) is 7.15. The molecule has 3 aromatic carbocycles. The second-order valence-corrected chi connectivity index (χ2v) is 13.0. The molecule has 2 atom stereocenters. The van der Waals surface area contributed by atoms with E-state index in [1.165, 1.54) is 24.1 Å². The van der Waals surface area contributed by atoms with E-state index in [4.69, 9.17) is 9.47 Å². The smallest absolute Gasteiger partial charge is 0.264 e. The SMILES string of the molecule is CC[C@@H](C)NC(=O)[C@H](CC)N(Cc1cccc(OC)c1)C(=O)CN(c1ccc(C)cc1)S(=O)(=O)c1ccc(OC)c(Br)c1. The number of aryl methyl sites for hydroxylation is 1. The third-order valence-corrected chi connectivity index (χ3v) is 9.58. The van der Waals surface area contributed by atoms with Crippen LogP contribution in [0.15, 0.2) is 76.1 Å². The van der Waals surface area contributed by atoms with Gasteiger partial charge in [-0.1, -0.05) is 43.7 Å². The Morgan fingerprint density at radius 2 is 1.65 bits per heavy atom. The highest BCUT2D eigenvalue weighted by Gasteiger charge is 2.34. The summed E-state index contributed by atoms with van der Waals surface area (Å²) in [4.78, 5) is 29.1. The topological polar surface area (TPSA) is 105 Å². The van der Waals surface area contributed by atoms with Gasteiger partial charge in [0.05, 0.1) is 29.3 Å². The largest absolute Gasteiger partial charge is 0.497 e. The van der Waals surface area contributed by atoms with E-state index < -0.39 is 28.5 Å². The Morgan fingerprint density at radius 3 is 2.23 bits per heavy atom. The average molecular weight is 675 g/mol. The van der Waals surface area contributed by atoms with Gasteiger partial charge in [0.15, 0.2) is 0 Å². The van der Waals surface area contributed by atoms with Crippen molar-refractivity contribution in [2.45, 2.75) is 64.1 Å². The van der Waals surface area contributed by atoms with Gasteiger partial charge in [-0.3, -0.25) is 13.9 Å². The number of methoxy groups -OCH3 is 2. The predicted molar refractivity (Wildman–Crippen MR) is 172 cm³/mol. The van der Waals surface area contributed by atoms with Crippen molar-refractivity contribution in [2.75, 3.05) is 25.1 Å². The number of sulfonamides is 1. The number of rotatable bonds is 14. The molecule has 232 valence electrons. The lowest BCUT2D eigenvalue weighted by Gasteiger charge is -2.33. The van der Waals surface area contributed by atoms with Gasteiger partial charge in [-0.05, 0) is 90.6 Å². The summed E-state index contributed by atoms with van der Waals surface area (Å²) in [5.74, 6) is 0.262. The molecule has 0 aromatic heterocycles. The lowest BCUT2D eigenvalue weighted by atomic mass is 10.1. The molecule has 0 radical (unpaired) electrons. The Labute approximate surface area is 263 Å². The molecule has 11 heteroatoms. The molecule has 0 heterocycles. The van der Waals surface area contributed by atoms with Crippen molar-refractivity contribution >= 4 is 43.5 Å². The summed E-state index contributed by atoms with van der Waals surface area (Å²) in [5, 5.41) is 2.98. The van der Waals surface area contributed by atoms with Crippen molar-refractivity contribution in [3.63, 3.8) is 0 Å². The molecule has 2 amide bonds. The molecule has 43 heavy (non-hydrogen) atoms. The van der Waals surface area contributed by atoms with Gasteiger partial charge >= 0.3 is 0 Å². The zero-order chi connectivity index (χ0) is 31.7. The van der Waals surface area contributed by atoms with Crippen molar-refractivity contribution in [3.05, 3.63) is 82.3 Å². The van der Waals surface area contributed by atoms with Gasteiger partial charge in [0.2, 0.25) is 11.8 Å². The summed E-state index contributed by atoms with van der Waals surface area (Å²) in [7, 11) is -1.18. The maximum Gasteiger partial charge on any atom is 0.264 e. The Kier molecular flexibility index (Phi) is 12.0. The van der Waals surface area contributed by atoms with Crippen LogP contribution >= 0.6 is 15.9 Å². The maximum absolute atomic E-state index is 14.2. The number of amides is 2. The molecule has 0 unspecified atom stereocenters. The normalized spacial score (nSPS) is 12.6. The van der Waals surface area contributed by atoms with Crippen molar-refractivity contribution in [1.29, 1.82) is 0 Å². The van der Waals surface area contributed by atoms with E-state index >= 15 is 0 Å². The van der Waals surface area contributed by atoms with Crippen LogP contribution in [0.2, 0.25) is 0 Å². The van der Waals surface area contributed by atoms with Gasteiger partial charge in [-0.2, -0.15) is 0 Å². The number of carbonyl (C=O) groups is 2. The minimum Gasteiger partial charge on any atom is -0.497 e. The Morgan fingerprint density at radius 1 is 0.953 bits per heavy atom. The van der Waals surface area contributed by atoms with Gasteiger partial charge in [-0.15, -0.1) is 0 Å². The maximum atomic E-state index is 14.2. The first kappa shape index (κ1) is 33.9. The number of nitrogens with one attached hydrogen (secondary N) is 1. The van der Waals surface area contributed by atoms with Crippen LogP contribution in [0.4, 0.5) is 5.69 Å². The minimum absolute atomic E-state index is 0.0190. The van der Waals surface area contributed by atoms with E-state index in [0.717, 1.165) is 21.9 Å². The molecule has 0 bridgehead atoms. The van der Waals surface area contributed by atoms with E-state index in [1.807, 2.05) is 39.8 Å². The number of ether oxygens (including phenoxy) is 2. The molecule has 3 aromatic rings. The van der Waals surface area contributed by atoms with Crippen LogP contribution < -0.4 is 19.1 Å². The molecule has 0 fully saturated rings. The molecule has 0 aliphatic heterocycles. The van der Waals surface area contributed by atoms with Crippen LogP contribution in [-0.2, 0) is 26.2 Å². The highest BCUT2D eigenvalue weighted by atomic mass is 79.9. The van der Waals surface area contributed by atoms with Gasteiger partial charge in [-0.25, -0.2) is 8.42 Å². The first-order chi connectivity index (χ1) is 20.4. The van der Waals surface area contributed by atoms with Crippen LogP contribution in [0.3, 0.4) is 0 Å². The predicted octanol–water partition coefficient (Wildman–Crippen LogP) is 5.69. The summed E-state index contributed by atoms with van der Waals surface area (Å²) in [5.41, 5.74) is 2.00. The fraction of sp³-hybridized carbons (Fsp3) is 0.375. The standard InChI is InChI=1S/C32H40BrN3O6S/c1-7-23(4)34-32(38)29(8-2)35(20-24-10-9-11-26(18-24)41-5)31(37)21-36(25-14-12-22(3)13-15-25)43(39,40)27-16-17-30(42-6)28(33)19-27/h9-19,23,29H,7-8,20-21H2,1-6H3,(H,34,38)/t23-,29+/m1/s1. The van der Waals surface area contributed by atoms with Crippen LogP contribution in [0, 0.1) is 6.92 Å². The summed E-state index contributed by atoms with van der Waals surface area (Å²) in [6.07, 6.45) is 1.06. The fourth-order valence-electron chi connectivity index (χ4n) is 4.50. The molecule has 0 aliphatic rings. The molecular formula is C32H40BrN3O6S. The minimum atomic E-state index is -4.22. The fourth-order valence-corrected chi connectivity index (χ4v) is 6.64. The Balaban J connectivity index is 2.09. The van der Waals surface area contributed by atoms with E-state index in [1.54, 1.807) is 49.6 Å². The van der Waals surface area contributed by atoms with Crippen LogP contribution in [0.1, 0.15) is 44.7 Å². The second-order valence-electron chi connectivity index (χ2n) is 10.3. The number of halogens is 1. The van der Waals surface area contributed by atoms with Crippen molar-refractivity contribution < 1.29 is 27.5 Å². The molecule has 0 aliphatic carbocycles. The van der Waals surface area contributed by atoms with Gasteiger partial charge in [0, 0.05) is 12.6 Å². The lowest BCUT2D eigenvalue weighted by Crippen LogP contribution is -2.53. The van der Waals surface area contributed by atoms with E-state index in [0.29, 0.717) is 28.1 Å². The van der Waals surface area contributed by atoms with Crippen molar-refractivity contribution in [2.24, 2.45) is 0 Å². The molecule has 0 saturated heterocycles. The van der Waals surface area contributed by atoms with Crippen LogP contribution in [0.5, 0.6) is 11.5 Å². The average Bonchev–Trinajstić information content (AvgIpc) is 3.00. The number of hydrogen-bond donors (Lipinski definition) is 1. The molecule has 1 N–H and O–H groups in total. The summed E-state index contributed by atoms with van der Waals surface area (Å²) >= 11 is 3.37. The molecule has 3 rings (SSSR count). The molecule has 9 nitrogen and oxygen atoms in total. The highest BCUT2D eigenvalue weighted by Crippen LogP contribution is 2.31. The third-order valence-electron chi connectivity index (χ3n) is 7.19. The lowest BCUT2D eigenvalue weighted by molar-refractivity contribution is -0.140. The van der Waals surface area contributed by atoms with Gasteiger partial charge in [0.25, 0.3) is 10.0 Å². The molecule has 0 saturated carbocycles. The summed E-state index contributed by atoms with van der Waals surface area (Å²) < 4.78 is 40.4. The zero-order valence-electron chi connectivity index (χ0n) is 25.5. The van der Waals surface area contributed by atoms with Crippen LogP contribution in [0.25, 0.3) is 0 Å².